The van der Waals surface area contributed by atoms with Gasteiger partial charge >= 0.3 is 0 Å². The van der Waals surface area contributed by atoms with Crippen LogP contribution in [0, 0.1) is 0 Å². The average Bonchev–Trinajstić information content (AvgIpc) is 3.48. The number of thioether (sulfide) groups is 1. The van der Waals surface area contributed by atoms with E-state index < -0.39 is 0 Å². The fourth-order valence-corrected chi connectivity index (χ4v) is 4.98. The van der Waals surface area contributed by atoms with E-state index in [1.165, 1.54) is 29.2 Å². The molecule has 1 N–H and O–H groups in total. The van der Waals surface area contributed by atoms with Crippen molar-refractivity contribution in [2.75, 3.05) is 12.9 Å². The number of fused-ring (bicyclic) bond motifs is 3. The molecule has 0 atom stereocenters. The molecule has 0 bridgehead atoms. The summed E-state index contributed by atoms with van der Waals surface area (Å²) in [4.78, 5) is 25.8. The lowest BCUT2D eigenvalue weighted by atomic mass is 10.2. The van der Waals surface area contributed by atoms with Crippen LogP contribution in [-0.2, 0) is 4.79 Å². The Balaban J connectivity index is 1.58. The molecule has 5 rings (SSSR count). The van der Waals surface area contributed by atoms with Crippen molar-refractivity contribution < 1.29 is 9.53 Å². The van der Waals surface area contributed by atoms with Gasteiger partial charge in [0.1, 0.15) is 5.75 Å². The molecule has 0 aliphatic heterocycles. The fourth-order valence-electron chi connectivity index (χ4n) is 4.22. The number of nitrogens with zero attached hydrogens (tertiary/aromatic N) is 4. The lowest BCUT2D eigenvalue weighted by molar-refractivity contribution is -0.119. The molecular weight excluding hydrogens is 426 g/mol. The van der Waals surface area contributed by atoms with Crippen LogP contribution >= 0.6 is 11.8 Å². The molecule has 0 saturated heterocycles. The van der Waals surface area contributed by atoms with Gasteiger partial charge in [-0.25, -0.2) is 4.57 Å². The monoisotopic (exact) mass is 449 g/mol. The Morgan fingerprint density at radius 1 is 1.16 bits per heavy atom. The molecule has 0 unspecified atom stereocenters. The Kier molecular flexibility index (Phi) is 5.57. The highest BCUT2D eigenvalue weighted by molar-refractivity contribution is 7.99. The van der Waals surface area contributed by atoms with Crippen LogP contribution in [0.25, 0.3) is 22.4 Å². The van der Waals surface area contributed by atoms with Crippen LogP contribution in [0.2, 0.25) is 0 Å². The molecule has 32 heavy (non-hydrogen) atoms. The van der Waals surface area contributed by atoms with Gasteiger partial charge in [0.2, 0.25) is 11.7 Å². The van der Waals surface area contributed by atoms with E-state index >= 15 is 0 Å². The Labute approximate surface area is 188 Å². The molecule has 164 valence electrons. The predicted molar refractivity (Wildman–Crippen MR) is 124 cm³/mol. The lowest BCUT2D eigenvalue weighted by Gasteiger charge is -2.13. The number of hydrogen-bond acceptors (Lipinski definition) is 6. The fraction of sp³-hybridized carbons (Fsp3) is 0.304. The molecule has 0 spiro atoms. The largest absolute Gasteiger partial charge is 0.497 e. The van der Waals surface area contributed by atoms with Crippen LogP contribution in [-0.4, -0.2) is 44.0 Å². The maximum atomic E-state index is 13.4. The quantitative estimate of drug-likeness (QED) is 0.455. The van der Waals surface area contributed by atoms with Gasteiger partial charge in [-0.1, -0.05) is 42.8 Å². The molecule has 9 heteroatoms. The normalized spacial score (nSPS) is 14.3. The van der Waals surface area contributed by atoms with Gasteiger partial charge in [0.25, 0.3) is 5.56 Å². The van der Waals surface area contributed by atoms with E-state index in [0.717, 1.165) is 12.8 Å². The molecule has 2 aromatic carbocycles. The maximum absolute atomic E-state index is 13.4. The predicted octanol–water partition coefficient (Wildman–Crippen LogP) is 3.19. The van der Waals surface area contributed by atoms with E-state index in [1.54, 1.807) is 19.2 Å². The first-order chi connectivity index (χ1) is 15.7. The van der Waals surface area contributed by atoms with E-state index in [1.807, 2.05) is 40.8 Å². The zero-order chi connectivity index (χ0) is 22.1. The van der Waals surface area contributed by atoms with Crippen molar-refractivity contribution in [3.63, 3.8) is 0 Å². The summed E-state index contributed by atoms with van der Waals surface area (Å²) in [5.41, 5.74) is 1.15. The molecule has 0 radical (unpaired) electrons. The van der Waals surface area contributed by atoms with Crippen molar-refractivity contribution >= 4 is 34.3 Å². The van der Waals surface area contributed by atoms with Gasteiger partial charge in [-0.15, -0.1) is 10.2 Å². The Morgan fingerprint density at radius 3 is 2.78 bits per heavy atom. The minimum atomic E-state index is -0.190. The molecule has 1 saturated carbocycles. The summed E-state index contributed by atoms with van der Waals surface area (Å²) in [5.74, 6) is 1.26. The first kappa shape index (κ1) is 20.6. The Bertz CT molecular complexity index is 1360. The maximum Gasteiger partial charge on any atom is 0.267 e. The molecule has 2 heterocycles. The zero-order valence-corrected chi connectivity index (χ0v) is 18.5. The van der Waals surface area contributed by atoms with Gasteiger partial charge in [0.05, 0.1) is 29.5 Å². The van der Waals surface area contributed by atoms with Crippen molar-refractivity contribution in [1.29, 1.82) is 0 Å². The van der Waals surface area contributed by atoms with E-state index in [-0.39, 0.29) is 23.3 Å². The molecule has 2 aromatic heterocycles. The highest BCUT2D eigenvalue weighted by atomic mass is 32.2. The third-order valence-corrected chi connectivity index (χ3v) is 6.69. The topological polar surface area (TPSA) is 90.5 Å². The van der Waals surface area contributed by atoms with Crippen molar-refractivity contribution in [3.8, 4) is 11.4 Å². The van der Waals surface area contributed by atoms with Crippen LogP contribution in [0.1, 0.15) is 25.7 Å². The first-order valence-electron chi connectivity index (χ1n) is 10.6. The van der Waals surface area contributed by atoms with Crippen LogP contribution in [0.15, 0.2) is 58.5 Å². The van der Waals surface area contributed by atoms with Crippen molar-refractivity contribution in [2.24, 2.45) is 0 Å². The minimum absolute atomic E-state index is 0.0101. The van der Waals surface area contributed by atoms with Crippen molar-refractivity contribution in [3.05, 3.63) is 58.9 Å². The van der Waals surface area contributed by atoms with E-state index in [9.17, 15) is 9.59 Å². The molecule has 1 amide bonds. The number of rotatable bonds is 6. The number of hydrogen-bond donors (Lipinski definition) is 1. The number of benzene rings is 2. The average molecular weight is 450 g/mol. The number of para-hydroxylation sites is 1. The van der Waals surface area contributed by atoms with Crippen LogP contribution < -0.4 is 15.6 Å². The number of carbonyl (C=O) groups excluding carboxylic acids is 1. The third-order valence-electron chi connectivity index (χ3n) is 5.76. The third kappa shape index (κ3) is 3.73. The van der Waals surface area contributed by atoms with Crippen LogP contribution in [0.3, 0.4) is 0 Å². The van der Waals surface area contributed by atoms with Gasteiger partial charge in [-0.2, -0.15) is 0 Å². The van der Waals surface area contributed by atoms with Crippen molar-refractivity contribution in [1.82, 2.24) is 24.5 Å². The number of nitrogens with one attached hydrogen (secondary N) is 1. The van der Waals surface area contributed by atoms with Gasteiger partial charge < -0.3 is 10.1 Å². The number of aromatic nitrogens is 4. The Hall–Kier alpha value is -3.33. The number of methoxy groups -OCH3 is 1. The van der Waals surface area contributed by atoms with E-state index in [2.05, 4.69) is 15.5 Å². The molecular formula is C23H23N5O3S. The standard InChI is InChI=1S/C23H23N5O3S/c1-31-17-10-6-9-16(13-17)27-21(30)18-11-4-5-12-19(18)28-22(27)25-26-23(28)32-14-20(29)24-15-7-2-3-8-15/h4-6,9-13,15H,2-3,7-8,14H2,1H3,(H,24,29). The summed E-state index contributed by atoms with van der Waals surface area (Å²) >= 11 is 1.32. The second-order valence-corrected chi connectivity index (χ2v) is 8.76. The smallest absolute Gasteiger partial charge is 0.267 e. The molecule has 1 fully saturated rings. The van der Waals surface area contributed by atoms with Crippen molar-refractivity contribution in [2.45, 2.75) is 36.9 Å². The number of amides is 1. The molecule has 1 aliphatic rings. The zero-order valence-electron chi connectivity index (χ0n) is 17.7. The van der Waals surface area contributed by atoms with E-state index in [0.29, 0.717) is 33.3 Å². The SMILES string of the molecule is COc1cccc(-n2c(=O)c3ccccc3n3c(SCC(=O)NC4CCCC4)nnc23)c1. The number of ether oxygens (including phenoxy) is 1. The second-order valence-electron chi connectivity index (χ2n) is 7.81. The minimum Gasteiger partial charge on any atom is -0.497 e. The van der Waals surface area contributed by atoms with Gasteiger partial charge in [0.15, 0.2) is 5.16 Å². The van der Waals surface area contributed by atoms with Gasteiger partial charge in [0, 0.05) is 12.1 Å². The molecule has 8 nitrogen and oxygen atoms in total. The summed E-state index contributed by atoms with van der Waals surface area (Å²) in [6.45, 7) is 0. The summed E-state index contributed by atoms with van der Waals surface area (Å²) in [6.07, 6.45) is 4.42. The molecule has 1 aliphatic carbocycles. The highest BCUT2D eigenvalue weighted by Gasteiger charge is 2.20. The van der Waals surface area contributed by atoms with Gasteiger partial charge in [-0.3, -0.25) is 14.0 Å². The first-order valence-corrected chi connectivity index (χ1v) is 11.6. The number of carbonyl (C=O) groups is 1. The molecule has 4 aromatic rings. The highest BCUT2D eigenvalue weighted by Crippen LogP contribution is 2.25. The van der Waals surface area contributed by atoms with Crippen LogP contribution in [0.4, 0.5) is 0 Å². The Morgan fingerprint density at radius 2 is 1.97 bits per heavy atom. The summed E-state index contributed by atoms with van der Waals surface area (Å²) in [6, 6.07) is 14.9. The summed E-state index contributed by atoms with van der Waals surface area (Å²) in [7, 11) is 1.58. The van der Waals surface area contributed by atoms with E-state index in [4.69, 9.17) is 4.74 Å². The summed E-state index contributed by atoms with van der Waals surface area (Å²) < 4.78 is 8.70. The van der Waals surface area contributed by atoms with Gasteiger partial charge in [-0.05, 0) is 37.1 Å². The lowest BCUT2D eigenvalue weighted by Crippen LogP contribution is -2.33. The van der Waals surface area contributed by atoms with Crippen LogP contribution in [0.5, 0.6) is 5.75 Å². The second kappa shape index (κ2) is 8.66. The summed E-state index contributed by atoms with van der Waals surface area (Å²) in [5, 5.41) is 12.9.